The number of aliphatic hydroxyl groups excluding tert-OH is 2. The van der Waals surface area contributed by atoms with Crippen LogP contribution in [-0.2, 0) is 6.42 Å². The highest BCUT2D eigenvalue weighted by atomic mass is 16.5. The Morgan fingerprint density at radius 2 is 1.30 bits per heavy atom. The molecule has 7 heteroatoms. The highest BCUT2D eigenvalue weighted by molar-refractivity contribution is 5.58. The number of hydrogen-bond acceptors (Lipinski definition) is 7. The summed E-state index contributed by atoms with van der Waals surface area (Å²) < 4.78 is 27.5. The summed E-state index contributed by atoms with van der Waals surface area (Å²) >= 11 is 0. The summed E-state index contributed by atoms with van der Waals surface area (Å²) in [7, 11) is 7.91. The fraction of sp³-hybridized carbons (Fsp3) is 0.478. The molecule has 0 bridgehead atoms. The van der Waals surface area contributed by atoms with Gasteiger partial charge in [0, 0.05) is 19.1 Å². The van der Waals surface area contributed by atoms with Gasteiger partial charge >= 0.3 is 0 Å². The summed E-state index contributed by atoms with van der Waals surface area (Å²) in [4.78, 5) is 0. The maximum absolute atomic E-state index is 10.3. The molecule has 0 saturated heterocycles. The Hall–Kier alpha value is -2.64. The molecule has 0 fully saturated rings. The SMILES string of the molecule is COc1cc2c(cc1OC)[C@H](c1cc(OC)c(OC)c(OC)c1)[C@@H](CO)[C@H](CO)C2. The molecule has 0 saturated carbocycles. The number of methoxy groups -OCH3 is 5. The van der Waals surface area contributed by atoms with Crippen LogP contribution in [0.3, 0.4) is 0 Å². The van der Waals surface area contributed by atoms with E-state index in [1.807, 2.05) is 24.3 Å². The second-order valence-corrected chi connectivity index (χ2v) is 7.34. The summed E-state index contributed by atoms with van der Waals surface area (Å²) in [5.74, 6) is 2.34. The van der Waals surface area contributed by atoms with Crippen molar-refractivity contribution >= 4 is 0 Å². The lowest BCUT2D eigenvalue weighted by molar-refractivity contribution is 0.101. The molecule has 0 aromatic heterocycles. The van der Waals surface area contributed by atoms with E-state index in [2.05, 4.69) is 0 Å². The second-order valence-electron chi connectivity index (χ2n) is 7.34. The topological polar surface area (TPSA) is 86.6 Å². The Morgan fingerprint density at radius 1 is 0.733 bits per heavy atom. The largest absolute Gasteiger partial charge is 0.493 e. The first-order valence-corrected chi connectivity index (χ1v) is 9.83. The van der Waals surface area contributed by atoms with Gasteiger partial charge in [0.15, 0.2) is 23.0 Å². The zero-order valence-electron chi connectivity index (χ0n) is 18.1. The van der Waals surface area contributed by atoms with Crippen LogP contribution in [0, 0.1) is 11.8 Å². The molecule has 0 aliphatic heterocycles. The third-order valence-electron chi connectivity index (χ3n) is 5.99. The van der Waals surface area contributed by atoms with Crippen LogP contribution in [0.4, 0.5) is 0 Å². The number of fused-ring (bicyclic) bond motifs is 1. The molecule has 0 amide bonds. The Bertz CT molecular complexity index is 855. The summed E-state index contributed by atoms with van der Waals surface area (Å²) in [6, 6.07) is 7.71. The molecule has 0 heterocycles. The molecule has 3 atom stereocenters. The van der Waals surface area contributed by atoms with Crippen LogP contribution < -0.4 is 23.7 Å². The van der Waals surface area contributed by atoms with E-state index in [0.717, 1.165) is 16.7 Å². The molecule has 0 spiro atoms. The monoisotopic (exact) mass is 418 g/mol. The van der Waals surface area contributed by atoms with Gasteiger partial charge in [-0.2, -0.15) is 0 Å². The lowest BCUT2D eigenvalue weighted by atomic mass is 9.67. The van der Waals surface area contributed by atoms with Crippen molar-refractivity contribution in [2.75, 3.05) is 48.8 Å². The summed E-state index contributed by atoms with van der Waals surface area (Å²) in [5.41, 5.74) is 2.97. The Morgan fingerprint density at radius 3 is 1.77 bits per heavy atom. The van der Waals surface area contributed by atoms with E-state index >= 15 is 0 Å². The summed E-state index contributed by atoms with van der Waals surface area (Å²) in [6.45, 7) is -0.0970. The number of rotatable bonds is 8. The van der Waals surface area contributed by atoms with Gasteiger partial charge in [0.25, 0.3) is 0 Å². The molecule has 2 aromatic rings. The number of ether oxygens (including phenoxy) is 5. The Kier molecular flexibility index (Phi) is 6.95. The van der Waals surface area contributed by atoms with Crippen molar-refractivity contribution in [1.29, 1.82) is 0 Å². The van der Waals surface area contributed by atoms with E-state index in [-0.39, 0.29) is 31.0 Å². The highest BCUT2D eigenvalue weighted by Gasteiger charge is 2.38. The molecule has 7 nitrogen and oxygen atoms in total. The van der Waals surface area contributed by atoms with Crippen LogP contribution in [0.2, 0.25) is 0 Å². The molecule has 164 valence electrons. The van der Waals surface area contributed by atoms with Gasteiger partial charge in [-0.25, -0.2) is 0 Å². The van der Waals surface area contributed by atoms with Crippen molar-refractivity contribution < 1.29 is 33.9 Å². The minimum atomic E-state index is -0.204. The van der Waals surface area contributed by atoms with Gasteiger partial charge in [0.05, 0.1) is 35.5 Å². The Balaban J connectivity index is 2.26. The van der Waals surface area contributed by atoms with Crippen LogP contribution in [0.1, 0.15) is 22.6 Å². The van der Waals surface area contributed by atoms with E-state index < -0.39 is 0 Å². The molecule has 1 aliphatic rings. The quantitative estimate of drug-likeness (QED) is 0.682. The van der Waals surface area contributed by atoms with Crippen molar-refractivity contribution in [2.45, 2.75) is 12.3 Å². The lowest BCUT2D eigenvalue weighted by Gasteiger charge is -2.39. The van der Waals surface area contributed by atoms with Crippen LogP contribution in [0.5, 0.6) is 28.7 Å². The second kappa shape index (κ2) is 9.45. The van der Waals surface area contributed by atoms with Gasteiger partial charge in [-0.05, 0) is 59.2 Å². The minimum absolute atomic E-state index is 0.0278. The third-order valence-corrected chi connectivity index (χ3v) is 5.99. The smallest absolute Gasteiger partial charge is 0.203 e. The average Bonchev–Trinajstić information content (AvgIpc) is 2.80. The van der Waals surface area contributed by atoms with Crippen LogP contribution in [0.15, 0.2) is 24.3 Å². The van der Waals surface area contributed by atoms with Gasteiger partial charge in [0.2, 0.25) is 5.75 Å². The summed E-state index contributed by atoms with van der Waals surface area (Å²) in [5, 5.41) is 20.3. The van der Waals surface area contributed by atoms with Crippen LogP contribution in [0.25, 0.3) is 0 Å². The van der Waals surface area contributed by atoms with Crippen molar-refractivity contribution in [3.8, 4) is 28.7 Å². The van der Waals surface area contributed by atoms with E-state index in [1.54, 1.807) is 35.5 Å². The van der Waals surface area contributed by atoms with Crippen LogP contribution >= 0.6 is 0 Å². The normalized spacial score (nSPS) is 20.3. The van der Waals surface area contributed by atoms with Crippen molar-refractivity contribution in [2.24, 2.45) is 11.8 Å². The first-order chi connectivity index (χ1) is 14.6. The van der Waals surface area contributed by atoms with Gasteiger partial charge in [-0.15, -0.1) is 0 Å². The van der Waals surface area contributed by atoms with Gasteiger partial charge < -0.3 is 33.9 Å². The number of hydrogen-bond donors (Lipinski definition) is 2. The van der Waals surface area contributed by atoms with Crippen molar-refractivity contribution in [3.63, 3.8) is 0 Å². The molecule has 0 radical (unpaired) electrons. The van der Waals surface area contributed by atoms with E-state index in [0.29, 0.717) is 35.2 Å². The lowest BCUT2D eigenvalue weighted by Crippen LogP contribution is -2.35. The van der Waals surface area contributed by atoms with Crippen LogP contribution in [-0.4, -0.2) is 59.0 Å². The van der Waals surface area contributed by atoms with Crippen molar-refractivity contribution in [1.82, 2.24) is 0 Å². The maximum atomic E-state index is 10.3. The highest BCUT2D eigenvalue weighted by Crippen LogP contribution is 2.49. The third kappa shape index (κ3) is 3.75. The molecular weight excluding hydrogens is 388 g/mol. The first kappa shape index (κ1) is 22.1. The fourth-order valence-electron chi connectivity index (χ4n) is 4.50. The molecular formula is C23H30O7. The van der Waals surface area contributed by atoms with Gasteiger partial charge in [0.1, 0.15) is 0 Å². The molecule has 1 aliphatic carbocycles. The zero-order valence-corrected chi connectivity index (χ0v) is 18.1. The fourth-order valence-corrected chi connectivity index (χ4v) is 4.50. The van der Waals surface area contributed by atoms with E-state index in [1.165, 1.54) is 0 Å². The standard InChI is InChI=1S/C23H30O7/c1-26-18-7-13-6-15(11-24)17(12-25)22(16(13)10-19(18)27-2)14-8-20(28-3)23(30-5)21(9-14)29-4/h7-10,15,17,22,24-25H,6,11-12H2,1-5H3/t15-,17-,22-/m0/s1. The molecule has 2 aromatic carbocycles. The predicted molar refractivity (Wildman–Crippen MR) is 112 cm³/mol. The predicted octanol–water partition coefficient (Wildman–Crippen LogP) is 2.63. The Labute approximate surface area is 177 Å². The first-order valence-electron chi connectivity index (χ1n) is 9.83. The molecule has 3 rings (SSSR count). The average molecular weight is 418 g/mol. The van der Waals surface area contributed by atoms with Crippen molar-refractivity contribution in [3.05, 3.63) is 41.0 Å². The minimum Gasteiger partial charge on any atom is -0.493 e. The molecule has 0 unspecified atom stereocenters. The molecule has 30 heavy (non-hydrogen) atoms. The summed E-state index contributed by atoms with van der Waals surface area (Å²) in [6.07, 6.45) is 0.637. The molecule has 2 N–H and O–H groups in total. The zero-order chi connectivity index (χ0) is 21.8. The number of aliphatic hydroxyl groups is 2. The maximum Gasteiger partial charge on any atom is 0.203 e. The van der Waals surface area contributed by atoms with E-state index in [9.17, 15) is 10.2 Å². The van der Waals surface area contributed by atoms with Gasteiger partial charge in [-0.1, -0.05) is 0 Å². The van der Waals surface area contributed by atoms with E-state index in [4.69, 9.17) is 23.7 Å². The van der Waals surface area contributed by atoms with Gasteiger partial charge in [-0.3, -0.25) is 0 Å². The number of benzene rings is 2.